The summed E-state index contributed by atoms with van der Waals surface area (Å²) in [6.45, 7) is 4.81. The lowest BCUT2D eigenvalue weighted by atomic mass is 10.2. The first-order chi connectivity index (χ1) is 12.5. The molecule has 3 aromatic rings. The van der Waals surface area contributed by atoms with Crippen LogP contribution in [0, 0.1) is 6.92 Å². The van der Waals surface area contributed by atoms with E-state index in [9.17, 15) is 9.90 Å². The Kier molecular flexibility index (Phi) is 4.88. The molecule has 7 nitrogen and oxygen atoms in total. The molecule has 1 aromatic heterocycles. The van der Waals surface area contributed by atoms with Gasteiger partial charge in [0.2, 0.25) is 0 Å². The van der Waals surface area contributed by atoms with Crippen molar-refractivity contribution in [1.82, 2.24) is 15.0 Å². The third kappa shape index (κ3) is 3.23. The second-order valence-corrected chi connectivity index (χ2v) is 5.70. The van der Waals surface area contributed by atoms with Crippen LogP contribution in [0.4, 0.5) is 0 Å². The summed E-state index contributed by atoms with van der Waals surface area (Å²) in [5.41, 5.74) is 5.12. The molecule has 0 unspecified atom stereocenters. The van der Waals surface area contributed by atoms with Crippen molar-refractivity contribution in [2.24, 2.45) is 5.10 Å². The Labute approximate surface area is 150 Å². The topological polar surface area (TPSA) is 88.7 Å². The Morgan fingerprint density at radius 1 is 1.38 bits per heavy atom. The van der Waals surface area contributed by atoms with Gasteiger partial charge in [-0.15, -0.1) is 0 Å². The largest absolute Gasteiger partial charge is 0.504 e. The predicted octanol–water partition coefficient (Wildman–Crippen LogP) is 2.84. The molecule has 1 amide bonds. The average Bonchev–Trinajstić information content (AvgIpc) is 2.97. The molecule has 1 heterocycles. The number of aryl methyl sites for hydroxylation is 2. The summed E-state index contributed by atoms with van der Waals surface area (Å²) in [6.07, 6.45) is 1.37. The quantitative estimate of drug-likeness (QED) is 0.546. The minimum absolute atomic E-state index is 0.0324. The lowest BCUT2D eigenvalue weighted by Gasteiger charge is -2.05. The van der Waals surface area contributed by atoms with Crippen molar-refractivity contribution in [3.8, 4) is 11.5 Å². The zero-order valence-electron chi connectivity index (χ0n) is 14.9. The Morgan fingerprint density at radius 2 is 2.19 bits per heavy atom. The number of fused-ring (bicyclic) bond motifs is 1. The minimum atomic E-state index is -0.353. The fourth-order valence-electron chi connectivity index (χ4n) is 2.82. The number of phenolic OH excluding ortho intramolecular Hbond substituents is 1. The van der Waals surface area contributed by atoms with Crippen molar-refractivity contribution in [2.75, 3.05) is 7.11 Å². The van der Waals surface area contributed by atoms with Gasteiger partial charge in [0.25, 0.3) is 5.91 Å². The van der Waals surface area contributed by atoms with Crippen LogP contribution >= 0.6 is 0 Å². The van der Waals surface area contributed by atoms with Gasteiger partial charge >= 0.3 is 0 Å². The molecule has 0 aliphatic rings. The Bertz CT molecular complexity index is 992. The number of phenols is 1. The number of amides is 1. The molecule has 0 bridgehead atoms. The van der Waals surface area contributed by atoms with Crippen LogP contribution in [-0.2, 0) is 6.54 Å². The fourth-order valence-corrected chi connectivity index (χ4v) is 2.82. The lowest BCUT2D eigenvalue weighted by Crippen LogP contribution is -2.17. The number of ether oxygens (including phenoxy) is 1. The number of benzene rings is 2. The number of imidazole rings is 1. The van der Waals surface area contributed by atoms with Gasteiger partial charge in [-0.25, -0.2) is 10.4 Å². The third-order valence-corrected chi connectivity index (χ3v) is 4.14. The number of nitrogens with one attached hydrogen (secondary N) is 1. The molecule has 7 heteroatoms. The molecule has 2 aromatic carbocycles. The summed E-state index contributed by atoms with van der Waals surface area (Å²) in [6, 6.07) is 10.4. The van der Waals surface area contributed by atoms with Gasteiger partial charge in [-0.3, -0.25) is 4.79 Å². The van der Waals surface area contributed by atoms with Crippen molar-refractivity contribution >= 4 is 23.2 Å². The van der Waals surface area contributed by atoms with Crippen LogP contribution in [0.1, 0.15) is 28.7 Å². The normalized spacial score (nSPS) is 11.2. The van der Waals surface area contributed by atoms with E-state index in [4.69, 9.17) is 4.74 Å². The van der Waals surface area contributed by atoms with Crippen LogP contribution in [-0.4, -0.2) is 33.9 Å². The number of nitrogens with zero attached hydrogens (tertiary/aromatic N) is 3. The molecule has 0 saturated heterocycles. The number of carbonyl (C=O) groups is 1. The van der Waals surface area contributed by atoms with Gasteiger partial charge in [0, 0.05) is 17.7 Å². The molecule has 134 valence electrons. The summed E-state index contributed by atoms with van der Waals surface area (Å²) in [5.74, 6) is 0.864. The van der Waals surface area contributed by atoms with E-state index in [1.807, 2.05) is 13.0 Å². The molecule has 0 atom stereocenters. The molecule has 0 fully saturated rings. The van der Waals surface area contributed by atoms with Crippen LogP contribution in [0.25, 0.3) is 11.0 Å². The molecule has 0 spiro atoms. The predicted molar refractivity (Wildman–Crippen MR) is 99.9 cm³/mol. The Balaban J connectivity index is 1.77. The van der Waals surface area contributed by atoms with Crippen LogP contribution in [0.5, 0.6) is 11.5 Å². The van der Waals surface area contributed by atoms with Gasteiger partial charge in [-0.2, -0.15) is 5.10 Å². The lowest BCUT2D eigenvalue weighted by molar-refractivity contribution is 0.0955. The highest BCUT2D eigenvalue weighted by molar-refractivity contribution is 5.98. The number of para-hydroxylation sites is 1. The van der Waals surface area contributed by atoms with E-state index < -0.39 is 0 Å². The van der Waals surface area contributed by atoms with Crippen molar-refractivity contribution in [3.05, 3.63) is 53.3 Å². The van der Waals surface area contributed by atoms with Crippen LogP contribution in [0.15, 0.2) is 41.5 Å². The van der Waals surface area contributed by atoms with E-state index in [1.165, 1.54) is 13.3 Å². The molecule has 0 saturated carbocycles. The van der Waals surface area contributed by atoms with E-state index >= 15 is 0 Å². The fraction of sp³-hybridized carbons (Fsp3) is 0.211. The summed E-state index contributed by atoms with van der Waals surface area (Å²) in [7, 11) is 1.47. The molecule has 0 aliphatic carbocycles. The van der Waals surface area contributed by atoms with Gasteiger partial charge in [0.1, 0.15) is 5.82 Å². The molecule has 3 rings (SSSR count). The monoisotopic (exact) mass is 352 g/mol. The standard InChI is InChI=1S/C19H20N4O3/c1-4-23-12(2)21-15-10-13(8-9-16(15)23)19(25)22-20-11-14-6-5-7-17(26-3)18(14)24/h5-11,24H,4H2,1-3H3,(H,22,25). The maximum Gasteiger partial charge on any atom is 0.271 e. The van der Waals surface area contributed by atoms with Crippen LogP contribution < -0.4 is 10.2 Å². The number of aromatic hydroxyl groups is 1. The number of hydrogen-bond acceptors (Lipinski definition) is 5. The van der Waals surface area contributed by atoms with E-state index in [0.29, 0.717) is 16.9 Å². The van der Waals surface area contributed by atoms with E-state index in [0.717, 1.165) is 23.4 Å². The van der Waals surface area contributed by atoms with Crippen molar-refractivity contribution in [3.63, 3.8) is 0 Å². The van der Waals surface area contributed by atoms with Gasteiger partial charge < -0.3 is 14.4 Å². The molecule has 0 aliphatic heterocycles. The molecular weight excluding hydrogens is 332 g/mol. The Hall–Kier alpha value is -3.35. The SMILES string of the molecule is CCn1c(C)nc2cc(C(=O)NN=Cc3cccc(OC)c3O)ccc21. The summed E-state index contributed by atoms with van der Waals surface area (Å²) < 4.78 is 7.12. The first-order valence-corrected chi connectivity index (χ1v) is 8.21. The second-order valence-electron chi connectivity index (χ2n) is 5.70. The summed E-state index contributed by atoms with van der Waals surface area (Å²) in [5, 5.41) is 13.9. The number of rotatable bonds is 5. The smallest absolute Gasteiger partial charge is 0.271 e. The second kappa shape index (κ2) is 7.26. The zero-order chi connectivity index (χ0) is 18.7. The van der Waals surface area contributed by atoms with E-state index in [2.05, 4.69) is 27.0 Å². The molecular formula is C19H20N4O3. The minimum Gasteiger partial charge on any atom is -0.504 e. The van der Waals surface area contributed by atoms with Crippen LogP contribution in [0.3, 0.4) is 0 Å². The maximum atomic E-state index is 12.3. The maximum absolute atomic E-state index is 12.3. The molecule has 2 N–H and O–H groups in total. The number of aromatic nitrogens is 2. The number of carbonyl (C=O) groups excluding carboxylic acids is 1. The van der Waals surface area contributed by atoms with E-state index in [-0.39, 0.29) is 11.7 Å². The highest BCUT2D eigenvalue weighted by Gasteiger charge is 2.11. The number of hydrazone groups is 1. The van der Waals surface area contributed by atoms with Crippen molar-refractivity contribution in [1.29, 1.82) is 0 Å². The molecule has 0 radical (unpaired) electrons. The third-order valence-electron chi connectivity index (χ3n) is 4.14. The van der Waals surface area contributed by atoms with Crippen LogP contribution in [0.2, 0.25) is 0 Å². The summed E-state index contributed by atoms with van der Waals surface area (Å²) >= 11 is 0. The van der Waals surface area contributed by atoms with Gasteiger partial charge in [-0.1, -0.05) is 6.07 Å². The van der Waals surface area contributed by atoms with Gasteiger partial charge in [-0.05, 0) is 44.2 Å². The average molecular weight is 352 g/mol. The highest BCUT2D eigenvalue weighted by atomic mass is 16.5. The van der Waals surface area contributed by atoms with Crippen molar-refractivity contribution in [2.45, 2.75) is 20.4 Å². The van der Waals surface area contributed by atoms with Gasteiger partial charge in [0.05, 0.1) is 24.4 Å². The zero-order valence-corrected chi connectivity index (χ0v) is 14.9. The van der Waals surface area contributed by atoms with Crippen molar-refractivity contribution < 1.29 is 14.6 Å². The van der Waals surface area contributed by atoms with Gasteiger partial charge in [0.15, 0.2) is 11.5 Å². The highest BCUT2D eigenvalue weighted by Crippen LogP contribution is 2.27. The summed E-state index contributed by atoms with van der Waals surface area (Å²) in [4.78, 5) is 16.8. The molecule has 26 heavy (non-hydrogen) atoms. The first kappa shape index (κ1) is 17.5. The number of methoxy groups -OCH3 is 1. The van der Waals surface area contributed by atoms with E-state index in [1.54, 1.807) is 30.3 Å². The first-order valence-electron chi connectivity index (χ1n) is 8.21. The number of hydrogen-bond donors (Lipinski definition) is 2. The Morgan fingerprint density at radius 3 is 2.92 bits per heavy atom.